The lowest BCUT2D eigenvalue weighted by molar-refractivity contribution is -0.274. The lowest BCUT2D eigenvalue weighted by atomic mass is 10.0. The molecular weight excluding hydrogens is 281 g/mol. The standard InChI is InChI=1S/C15H11F3N2O/c1-10-8-13(21-15(16,17)18)2-3-14(10)11-5-7-20-12(9-11)4-6-19-20/h2-9H,1H3. The number of fused-ring (bicyclic) bond motifs is 1. The monoisotopic (exact) mass is 292 g/mol. The molecule has 108 valence electrons. The van der Waals surface area contributed by atoms with Crippen LogP contribution in [0.5, 0.6) is 5.75 Å². The lowest BCUT2D eigenvalue weighted by Gasteiger charge is -2.12. The summed E-state index contributed by atoms with van der Waals surface area (Å²) >= 11 is 0. The summed E-state index contributed by atoms with van der Waals surface area (Å²) in [4.78, 5) is 0. The van der Waals surface area contributed by atoms with Crippen molar-refractivity contribution in [3.05, 3.63) is 54.4 Å². The number of aryl methyl sites for hydroxylation is 1. The van der Waals surface area contributed by atoms with Gasteiger partial charge in [0.05, 0.1) is 5.52 Å². The van der Waals surface area contributed by atoms with E-state index in [0.29, 0.717) is 5.56 Å². The second-order valence-corrected chi connectivity index (χ2v) is 4.64. The number of rotatable bonds is 2. The van der Waals surface area contributed by atoms with Crippen LogP contribution in [-0.4, -0.2) is 16.0 Å². The zero-order valence-corrected chi connectivity index (χ0v) is 11.1. The number of alkyl halides is 3. The Morgan fingerprint density at radius 3 is 2.62 bits per heavy atom. The van der Waals surface area contributed by atoms with Gasteiger partial charge in [0, 0.05) is 12.4 Å². The van der Waals surface area contributed by atoms with Crippen molar-refractivity contribution >= 4 is 5.52 Å². The van der Waals surface area contributed by atoms with E-state index in [2.05, 4.69) is 9.84 Å². The Hall–Kier alpha value is -2.50. The molecule has 6 heteroatoms. The predicted octanol–water partition coefficient (Wildman–Crippen LogP) is 4.21. The van der Waals surface area contributed by atoms with Gasteiger partial charge in [-0.2, -0.15) is 5.10 Å². The Kier molecular flexibility index (Phi) is 3.08. The van der Waals surface area contributed by atoms with Gasteiger partial charge in [-0.15, -0.1) is 13.2 Å². The fourth-order valence-corrected chi connectivity index (χ4v) is 2.25. The van der Waals surface area contributed by atoms with E-state index in [4.69, 9.17) is 0 Å². The van der Waals surface area contributed by atoms with E-state index in [1.54, 1.807) is 23.7 Å². The summed E-state index contributed by atoms with van der Waals surface area (Å²) in [6.07, 6.45) is -1.18. The van der Waals surface area contributed by atoms with Crippen LogP contribution in [0.2, 0.25) is 0 Å². The average molecular weight is 292 g/mol. The summed E-state index contributed by atoms with van der Waals surface area (Å²) in [7, 11) is 0. The Labute approximate surface area is 118 Å². The molecule has 0 unspecified atom stereocenters. The fourth-order valence-electron chi connectivity index (χ4n) is 2.25. The molecule has 0 radical (unpaired) electrons. The first kappa shape index (κ1) is 13.5. The van der Waals surface area contributed by atoms with Gasteiger partial charge in [-0.25, -0.2) is 4.52 Å². The summed E-state index contributed by atoms with van der Waals surface area (Å²) < 4.78 is 42.3. The van der Waals surface area contributed by atoms with Crippen LogP contribution >= 0.6 is 0 Å². The van der Waals surface area contributed by atoms with Crippen LogP contribution in [0.1, 0.15) is 5.56 Å². The molecule has 0 bridgehead atoms. The highest BCUT2D eigenvalue weighted by atomic mass is 19.4. The molecule has 3 rings (SSSR count). The van der Waals surface area contributed by atoms with Crippen LogP contribution in [0, 0.1) is 6.92 Å². The number of ether oxygens (including phenoxy) is 1. The number of hydrogen-bond donors (Lipinski definition) is 0. The zero-order valence-electron chi connectivity index (χ0n) is 11.1. The molecule has 0 fully saturated rings. The summed E-state index contributed by atoms with van der Waals surface area (Å²) in [6.45, 7) is 1.75. The highest BCUT2D eigenvalue weighted by Gasteiger charge is 2.31. The first-order valence-corrected chi connectivity index (χ1v) is 6.22. The number of benzene rings is 1. The van der Waals surface area contributed by atoms with Crippen LogP contribution in [-0.2, 0) is 0 Å². The maximum atomic E-state index is 12.2. The van der Waals surface area contributed by atoms with Crippen LogP contribution in [0.15, 0.2) is 48.8 Å². The van der Waals surface area contributed by atoms with Gasteiger partial charge >= 0.3 is 6.36 Å². The zero-order chi connectivity index (χ0) is 15.0. The van der Waals surface area contributed by atoms with Gasteiger partial charge in [0.15, 0.2) is 0 Å². The molecule has 3 aromatic rings. The quantitative estimate of drug-likeness (QED) is 0.707. The summed E-state index contributed by atoms with van der Waals surface area (Å²) in [5.41, 5.74) is 3.40. The van der Waals surface area contributed by atoms with Gasteiger partial charge in [-0.3, -0.25) is 0 Å². The highest BCUT2D eigenvalue weighted by Crippen LogP contribution is 2.30. The normalized spacial score (nSPS) is 11.8. The summed E-state index contributed by atoms with van der Waals surface area (Å²) in [6, 6.07) is 9.98. The third-order valence-electron chi connectivity index (χ3n) is 3.14. The molecule has 0 aliphatic rings. The van der Waals surface area contributed by atoms with Crippen LogP contribution in [0.25, 0.3) is 16.6 Å². The van der Waals surface area contributed by atoms with Crippen molar-refractivity contribution < 1.29 is 17.9 Å². The molecule has 0 saturated heterocycles. The van der Waals surface area contributed by atoms with Crippen molar-refractivity contribution in [3.8, 4) is 16.9 Å². The Balaban J connectivity index is 1.98. The van der Waals surface area contributed by atoms with Crippen LogP contribution in [0.4, 0.5) is 13.2 Å². The highest BCUT2D eigenvalue weighted by molar-refractivity contribution is 5.72. The third-order valence-corrected chi connectivity index (χ3v) is 3.14. The molecule has 0 saturated carbocycles. The van der Waals surface area contributed by atoms with E-state index in [0.717, 1.165) is 16.6 Å². The van der Waals surface area contributed by atoms with Crippen molar-refractivity contribution in [2.24, 2.45) is 0 Å². The minimum Gasteiger partial charge on any atom is -0.406 e. The molecular formula is C15H11F3N2O. The number of pyridine rings is 1. The molecule has 21 heavy (non-hydrogen) atoms. The number of nitrogens with zero attached hydrogens (tertiary/aromatic N) is 2. The largest absolute Gasteiger partial charge is 0.573 e. The number of hydrogen-bond acceptors (Lipinski definition) is 2. The average Bonchev–Trinajstić information content (AvgIpc) is 2.84. The maximum Gasteiger partial charge on any atom is 0.573 e. The van der Waals surface area contributed by atoms with E-state index in [1.165, 1.54) is 12.1 Å². The number of halogens is 3. The molecule has 0 aliphatic carbocycles. The Bertz CT molecular complexity index is 793. The molecule has 0 aliphatic heterocycles. The second-order valence-electron chi connectivity index (χ2n) is 4.64. The number of aromatic nitrogens is 2. The van der Waals surface area contributed by atoms with E-state index in [9.17, 15) is 13.2 Å². The van der Waals surface area contributed by atoms with Gasteiger partial charge < -0.3 is 4.74 Å². The van der Waals surface area contributed by atoms with E-state index in [1.807, 2.05) is 24.4 Å². The van der Waals surface area contributed by atoms with E-state index < -0.39 is 6.36 Å². The molecule has 2 heterocycles. The predicted molar refractivity (Wildman–Crippen MR) is 72.0 cm³/mol. The van der Waals surface area contributed by atoms with Crippen LogP contribution in [0.3, 0.4) is 0 Å². The topological polar surface area (TPSA) is 26.5 Å². The van der Waals surface area contributed by atoms with E-state index >= 15 is 0 Å². The minimum absolute atomic E-state index is 0.214. The molecule has 0 N–H and O–H groups in total. The molecule has 0 atom stereocenters. The van der Waals surface area contributed by atoms with Crippen molar-refractivity contribution in [2.45, 2.75) is 13.3 Å². The van der Waals surface area contributed by atoms with E-state index in [-0.39, 0.29) is 5.75 Å². The molecule has 0 spiro atoms. The van der Waals surface area contributed by atoms with Crippen molar-refractivity contribution in [1.82, 2.24) is 9.61 Å². The van der Waals surface area contributed by atoms with Gasteiger partial charge in [-0.1, -0.05) is 6.07 Å². The van der Waals surface area contributed by atoms with Crippen molar-refractivity contribution in [2.75, 3.05) is 0 Å². The second kappa shape index (κ2) is 4.80. The minimum atomic E-state index is -4.68. The summed E-state index contributed by atoms with van der Waals surface area (Å²) in [5.74, 6) is -0.214. The fraction of sp³-hybridized carbons (Fsp3) is 0.133. The smallest absolute Gasteiger partial charge is 0.406 e. The van der Waals surface area contributed by atoms with Crippen molar-refractivity contribution in [3.63, 3.8) is 0 Å². The molecule has 1 aromatic carbocycles. The van der Waals surface area contributed by atoms with Gasteiger partial charge in [0.25, 0.3) is 0 Å². The SMILES string of the molecule is Cc1cc(OC(F)(F)F)ccc1-c1ccn2nccc2c1. The van der Waals surface area contributed by atoms with Crippen LogP contribution < -0.4 is 4.74 Å². The Morgan fingerprint density at radius 1 is 1.10 bits per heavy atom. The molecule has 3 nitrogen and oxygen atoms in total. The lowest BCUT2D eigenvalue weighted by Crippen LogP contribution is -2.17. The van der Waals surface area contributed by atoms with Gasteiger partial charge in [0.1, 0.15) is 5.75 Å². The maximum absolute atomic E-state index is 12.2. The Morgan fingerprint density at radius 2 is 1.90 bits per heavy atom. The third kappa shape index (κ3) is 2.84. The molecule has 2 aromatic heterocycles. The van der Waals surface area contributed by atoms with Gasteiger partial charge in [0.2, 0.25) is 0 Å². The summed E-state index contributed by atoms with van der Waals surface area (Å²) in [5, 5.41) is 4.10. The van der Waals surface area contributed by atoms with Crippen molar-refractivity contribution in [1.29, 1.82) is 0 Å². The van der Waals surface area contributed by atoms with Gasteiger partial charge in [-0.05, 0) is 53.9 Å². The first-order chi connectivity index (χ1) is 9.92. The first-order valence-electron chi connectivity index (χ1n) is 6.22. The molecule has 0 amide bonds.